The van der Waals surface area contributed by atoms with E-state index in [-0.39, 0.29) is 17.2 Å². The first-order valence-electron chi connectivity index (χ1n) is 4.94. The molecule has 18 heavy (non-hydrogen) atoms. The van der Waals surface area contributed by atoms with Gasteiger partial charge in [-0.15, -0.1) is 0 Å². The minimum Gasteiger partial charge on any atom is -0.502 e. The van der Waals surface area contributed by atoms with Gasteiger partial charge in [0.2, 0.25) is 5.75 Å². The van der Waals surface area contributed by atoms with Crippen LogP contribution >= 0.6 is 0 Å². The Balaban J connectivity index is 2.92. The predicted octanol–water partition coefficient (Wildman–Crippen LogP) is 1.10. The Morgan fingerprint density at radius 3 is 2.28 bits per heavy atom. The maximum Gasteiger partial charge on any atom is 0.427 e. The van der Waals surface area contributed by atoms with E-state index in [9.17, 15) is 9.90 Å². The summed E-state index contributed by atoms with van der Waals surface area (Å²) in [4.78, 5) is 10.8. The van der Waals surface area contributed by atoms with Crippen LogP contribution in [0, 0.1) is 0 Å². The SMILES string of the molecule is COC(=O)NN=Cc1cc(OC)c(O)c(OC)c1. The van der Waals surface area contributed by atoms with Gasteiger partial charge in [-0.05, 0) is 12.1 Å². The van der Waals surface area contributed by atoms with Gasteiger partial charge in [-0.1, -0.05) is 0 Å². The van der Waals surface area contributed by atoms with Crippen molar-refractivity contribution in [1.82, 2.24) is 5.43 Å². The molecule has 0 saturated carbocycles. The molecule has 2 N–H and O–H groups in total. The van der Waals surface area contributed by atoms with Gasteiger partial charge in [0.25, 0.3) is 0 Å². The zero-order chi connectivity index (χ0) is 13.5. The lowest BCUT2D eigenvalue weighted by atomic mass is 10.2. The fraction of sp³-hybridized carbons (Fsp3) is 0.273. The molecule has 0 aliphatic heterocycles. The second-order valence-electron chi connectivity index (χ2n) is 3.14. The smallest absolute Gasteiger partial charge is 0.427 e. The minimum absolute atomic E-state index is 0.0990. The van der Waals surface area contributed by atoms with Crippen molar-refractivity contribution >= 4 is 12.3 Å². The number of benzene rings is 1. The van der Waals surface area contributed by atoms with Gasteiger partial charge in [0, 0.05) is 5.56 Å². The molecule has 98 valence electrons. The largest absolute Gasteiger partial charge is 0.502 e. The number of phenols is 1. The number of hydrogen-bond donors (Lipinski definition) is 2. The van der Waals surface area contributed by atoms with E-state index < -0.39 is 6.09 Å². The molecule has 0 unspecified atom stereocenters. The zero-order valence-corrected chi connectivity index (χ0v) is 10.3. The zero-order valence-electron chi connectivity index (χ0n) is 10.3. The molecule has 0 saturated heterocycles. The van der Waals surface area contributed by atoms with E-state index in [0.29, 0.717) is 5.56 Å². The van der Waals surface area contributed by atoms with Gasteiger partial charge in [-0.3, -0.25) is 0 Å². The third-order valence-electron chi connectivity index (χ3n) is 2.06. The molecule has 7 heteroatoms. The first-order chi connectivity index (χ1) is 8.62. The average Bonchev–Trinajstić information content (AvgIpc) is 2.39. The highest BCUT2D eigenvalue weighted by atomic mass is 16.5. The van der Waals surface area contributed by atoms with Gasteiger partial charge >= 0.3 is 6.09 Å². The van der Waals surface area contributed by atoms with Gasteiger partial charge in [0.1, 0.15) is 0 Å². The number of nitrogens with zero attached hydrogens (tertiary/aromatic N) is 1. The van der Waals surface area contributed by atoms with E-state index in [0.717, 1.165) is 0 Å². The molecule has 7 nitrogen and oxygen atoms in total. The molecule has 0 fully saturated rings. The Morgan fingerprint density at radius 1 is 1.28 bits per heavy atom. The molecule has 0 bridgehead atoms. The van der Waals surface area contributed by atoms with E-state index in [1.54, 1.807) is 12.1 Å². The Hall–Kier alpha value is -2.44. The van der Waals surface area contributed by atoms with Gasteiger partial charge < -0.3 is 19.3 Å². The predicted molar refractivity (Wildman–Crippen MR) is 64.3 cm³/mol. The second-order valence-corrected chi connectivity index (χ2v) is 3.14. The third kappa shape index (κ3) is 3.27. The van der Waals surface area contributed by atoms with Gasteiger partial charge in [-0.2, -0.15) is 5.10 Å². The van der Waals surface area contributed by atoms with Gasteiger partial charge in [0.05, 0.1) is 27.5 Å². The van der Waals surface area contributed by atoms with Crippen LogP contribution in [0.1, 0.15) is 5.56 Å². The summed E-state index contributed by atoms with van der Waals surface area (Å²) in [6.45, 7) is 0. The summed E-state index contributed by atoms with van der Waals surface area (Å²) in [5.41, 5.74) is 2.72. The van der Waals surface area contributed by atoms with Crippen molar-refractivity contribution in [2.45, 2.75) is 0 Å². The standard InChI is InChI=1S/C11H14N2O5/c1-16-8-4-7(5-9(17-2)10(8)14)6-12-13-11(15)18-3/h4-6,14H,1-3H3,(H,13,15). The number of methoxy groups -OCH3 is 3. The number of hydrogen-bond acceptors (Lipinski definition) is 6. The van der Waals surface area contributed by atoms with Crippen LogP contribution in [-0.2, 0) is 4.74 Å². The lowest BCUT2D eigenvalue weighted by molar-refractivity contribution is 0.171. The van der Waals surface area contributed by atoms with Crippen molar-refractivity contribution in [3.05, 3.63) is 17.7 Å². The maximum absolute atomic E-state index is 10.8. The summed E-state index contributed by atoms with van der Waals surface area (Å²) >= 11 is 0. The number of carbonyl (C=O) groups excluding carboxylic acids is 1. The van der Waals surface area contributed by atoms with E-state index in [1.807, 2.05) is 0 Å². The molecule has 0 heterocycles. The first-order valence-corrected chi connectivity index (χ1v) is 4.94. The van der Waals surface area contributed by atoms with Crippen LogP contribution in [0.25, 0.3) is 0 Å². The van der Waals surface area contributed by atoms with Crippen LogP contribution in [0.15, 0.2) is 17.2 Å². The number of aromatic hydroxyl groups is 1. The van der Waals surface area contributed by atoms with Crippen molar-refractivity contribution in [2.24, 2.45) is 5.10 Å². The average molecular weight is 254 g/mol. The van der Waals surface area contributed by atoms with Gasteiger partial charge in [0.15, 0.2) is 11.5 Å². The molecule has 0 aliphatic carbocycles. The number of rotatable bonds is 4. The number of hydrazone groups is 1. The van der Waals surface area contributed by atoms with Crippen LogP contribution in [0.2, 0.25) is 0 Å². The summed E-state index contributed by atoms with van der Waals surface area (Å²) in [5.74, 6) is 0.390. The lowest BCUT2D eigenvalue weighted by Crippen LogP contribution is -2.16. The van der Waals surface area contributed by atoms with Crippen molar-refractivity contribution in [2.75, 3.05) is 21.3 Å². The summed E-state index contributed by atoms with van der Waals surface area (Å²) in [7, 11) is 4.07. The molecule has 1 amide bonds. The number of phenolic OH excluding ortho intramolecular Hbond substituents is 1. The highest BCUT2D eigenvalue weighted by molar-refractivity contribution is 5.83. The number of carbonyl (C=O) groups is 1. The number of nitrogens with one attached hydrogen (secondary N) is 1. The molecular weight excluding hydrogens is 240 g/mol. The fourth-order valence-electron chi connectivity index (χ4n) is 1.19. The Kier molecular flexibility index (Phi) is 4.79. The fourth-order valence-corrected chi connectivity index (χ4v) is 1.19. The first kappa shape index (κ1) is 13.6. The monoisotopic (exact) mass is 254 g/mol. The van der Waals surface area contributed by atoms with Crippen molar-refractivity contribution in [3.63, 3.8) is 0 Å². The van der Waals surface area contributed by atoms with Crippen LogP contribution < -0.4 is 14.9 Å². The quantitative estimate of drug-likeness (QED) is 0.620. The molecule has 0 atom stereocenters. The Bertz CT molecular complexity index is 434. The topological polar surface area (TPSA) is 89.4 Å². The Labute approximate surface area is 104 Å². The molecule has 0 radical (unpaired) electrons. The third-order valence-corrected chi connectivity index (χ3v) is 2.06. The summed E-state index contributed by atoms with van der Waals surface area (Å²) in [5, 5.41) is 13.3. The van der Waals surface area contributed by atoms with Crippen LogP contribution in [0.4, 0.5) is 4.79 Å². The summed E-state index contributed by atoms with van der Waals surface area (Å²) < 4.78 is 14.3. The van der Waals surface area contributed by atoms with E-state index in [4.69, 9.17) is 9.47 Å². The van der Waals surface area contributed by atoms with Crippen molar-refractivity contribution in [3.8, 4) is 17.2 Å². The minimum atomic E-state index is -0.677. The molecular formula is C11H14N2O5. The highest BCUT2D eigenvalue weighted by Gasteiger charge is 2.10. The van der Waals surface area contributed by atoms with E-state index >= 15 is 0 Å². The molecule has 1 aromatic rings. The maximum atomic E-state index is 10.8. The number of amides is 1. The molecule has 0 aliphatic rings. The molecule has 0 spiro atoms. The molecule has 1 rings (SSSR count). The van der Waals surface area contributed by atoms with Crippen LogP contribution in [-0.4, -0.2) is 38.7 Å². The normalized spacial score (nSPS) is 10.2. The van der Waals surface area contributed by atoms with E-state index in [2.05, 4.69) is 15.3 Å². The molecule has 1 aromatic carbocycles. The second kappa shape index (κ2) is 6.33. The summed E-state index contributed by atoms with van der Waals surface area (Å²) in [6.07, 6.45) is 0.686. The van der Waals surface area contributed by atoms with Crippen LogP contribution in [0.3, 0.4) is 0 Å². The highest BCUT2D eigenvalue weighted by Crippen LogP contribution is 2.36. The summed E-state index contributed by atoms with van der Waals surface area (Å²) in [6, 6.07) is 3.08. The molecule has 0 aromatic heterocycles. The van der Waals surface area contributed by atoms with Crippen molar-refractivity contribution in [1.29, 1.82) is 0 Å². The van der Waals surface area contributed by atoms with E-state index in [1.165, 1.54) is 27.5 Å². The van der Waals surface area contributed by atoms with Crippen molar-refractivity contribution < 1.29 is 24.1 Å². The van der Waals surface area contributed by atoms with Crippen LogP contribution in [0.5, 0.6) is 17.2 Å². The van der Waals surface area contributed by atoms with Gasteiger partial charge in [-0.25, -0.2) is 10.2 Å². The Morgan fingerprint density at radius 2 is 1.83 bits per heavy atom. The number of ether oxygens (including phenoxy) is 3. The lowest BCUT2D eigenvalue weighted by Gasteiger charge is -2.09.